The maximum absolute atomic E-state index is 12.3. The molecule has 1 heterocycles. The van der Waals surface area contributed by atoms with Crippen molar-refractivity contribution in [3.8, 4) is 0 Å². The van der Waals surface area contributed by atoms with E-state index < -0.39 is 12.7 Å². The molecule has 0 aliphatic carbocycles. The van der Waals surface area contributed by atoms with Gasteiger partial charge in [-0.25, -0.2) is 0 Å². The number of nitrogens with two attached hydrogens (primary N) is 1. The molecule has 0 fully saturated rings. The van der Waals surface area contributed by atoms with Gasteiger partial charge in [-0.05, 0) is 6.42 Å². The van der Waals surface area contributed by atoms with Gasteiger partial charge in [0, 0.05) is 13.1 Å². The normalized spacial score (nSPS) is 11.8. The van der Waals surface area contributed by atoms with Crippen LogP contribution in [0.25, 0.3) is 0 Å². The summed E-state index contributed by atoms with van der Waals surface area (Å²) in [5, 5.41) is 0. The highest BCUT2D eigenvalue weighted by Crippen LogP contribution is 2.21. The summed E-state index contributed by atoms with van der Waals surface area (Å²) < 4.78 is 41.8. The molecule has 1 aromatic rings. The molecule has 1 aromatic heterocycles. The van der Waals surface area contributed by atoms with E-state index in [0.29, 0.717) is 12.1 Å². The molecule has 0 amide bonds. The first-order valence-electron chi connectivity index (χ1n) is 4.92. The van der Waals surface area contributed by atoms with Crippen molar-refractivity contribution >= 4 is 6.01 Å². The minimum atomic E-state index is -4.27. The standard InChI is InChI=1S/C9H14F3N3O/c1-2-3-15(6-9(10,11)12)8-14-7(4-13)5-16-8/h5H,2-4,6,13H2,1H3. The number of rotatable bonds is 5. The highest BCUT2D eigenvalue weighted by molar-refractivity contribution is 5.27. The number of nitrogens with zero attached hydrogens (tertiary/aromatic N) is 2. The van der Waals surface area contributed by atoms with Gasteiger partial charge in [-0.3, -0.25) is 0 Å². The Morgan fingerprint density at radius 2 is 2.19 bits per heavy atom. The van der Waals surface area contributed by atoms with Gasteiger partial charge in [-0.1, -0.05) is 6.92 Å². The third-order valence-electron chi connectivity index (χ3n) is 1.88. The van der Waals surface area contributed by atoms with Gasteiger partial charge >= 0.3 is 6.18 Å². The van der Waals surface area contributed by atoms with Crippen molar-refractivity contribution in [1.29, 1.82) is 0 Å². The summed E-state index contributed by atoms with van der Waals surface area (Å²) in [6.07, 6.45) is -2.42. The molecule has 0 aliphatic heterocycles. The van der Waals surface area contributed by atoms with Gasteiger partial charge in [-0.15, -0.1) is 0 Å². The van der Waals surface area contributed by atoms with Gasteiger partial charge in [0.25, 0.3) is 6.01 Å². The van der Waals surface area contributed by atoms with Crippen molar-refractivity contribution in [3.63, 3.8) is 0 Å². The van der Waals surface area contributed by atoms with E-state index in [1.165, 1.54) is 6.26 Å². The summed E-state index contributed by atoms with van der Waals surface area (Å²) in [6.45, 7) is 1.11. The predicted octanol–water partition coefficient (Wildman–Crippen LogP) is 1.91. The molecule has 4 nitrogen and oxygen atoms in total. The molecular formula is C9H14F3N3O. The van der Waals surface area contributed by atoms with Gasteiger partial charge < -0.3 is 15.1 Å². The van der Waals surface area contributed by atoms with E-state index in [2.05, 4.69) is 4.98 Å². The summed E-state index contributed by atoms with van der Waals surface area (Å²) in [5.41, 5.74) is 5.74. The molecule has 7 heteroatoms. The summed E-state index contributed by atoms with van der Waals surface area (Å²) >= 11 is 0. The molecule has 16 heavy (non-hydrogen) atoms. The van der Waals surface area contributed by atoms with E-state index >= 15 is 0 Å². The molecule has 0 radical (unpaired) electrons. The second kappa shape index (κ2) is 5.20. The molecule has 0 aliphatic rings. The number of halogens is 3. The molecule has 0 saturated heterocycles. The van der Waals surface area contributed by atoms with Crippen molar-refractivity contribution < 1.29 is 17.6 Å². The SMILES string of the molecule is CCCN(CC(F)(F)F)c1nc(CN)co1. The number of hydrogen-bond donors (Lipinski definition) is 1. The van der Waals surface area contributed by atoms with Gasteiger partial charge in [-0.2, -0.15) is 18.2 Å². The zero-order valence-corrected chi connectivity index (χ0v) is 8.92. The lowest BCUT2D eigenvalue weighted by Gasteiger charge is -2.21. The molecule has 0 saturated carbocycles. The van der Waals surface area contributed by atoms with Crippen LogP contribution < -0.4 is 10.6 Å². The van der Waals surface area contributed by atoms with E-state index in [4.69, 9.17) is 10.2 Å². The highest BCUT2D eigenvalue weighted by atomic mass is 19.4. The Labute approximate surface area is 91.2 Å². The van der Waals surface area contributed by atoms with Crippen LogP contribution in [-0.2, 0) is 6.54 Å². The number of alkyl halides is 3. The van der Waals surface area contributed by atoms with Crippen molar-refractivity contribution in [2.24, 2.45) is 5.73 Å². The van der Waals surface area contributed by atoms with Crippen LogP contribution in [-0.4, -0.2) is 24.2 Å². The second-order valence-electron chi connectivity index (χ2n) is 3.36. The largest absolute Gasteiger partial charge is 0.432 e. The van der Waals surface area contributed by atoms with Crippen LogP contribution in [0.1, 0.15) is 19.0 Å². The number of hydrogen-bond acceptors (Lipinski definition) is 4. The van der Waals surface area contributed by atoms with Crippen LogP contribution in [0.15, 0.2) is 10.7 Å². The molecule has 2 N–H and O–H groups in total. The van der Waals surface area contributed by atoms with Crippen LogP contribution in [0.3, 0.4) is 0 Å². The Bertz CT molecular complexity index is 324. The van der Waals surface area contributed by atoms with Crippen molar-refractivity contribution in [2.45, 2.75) is 26.1 Å². The lowest BCUT2D eigenvalue weighted by Crippen LogP contribution is -2.35. The molecule has 92 valence electrons. The van der Waals surface area contributed by atoms with Gasteiger partial charge in [0.05, 0.1) is 5.69 Å². The Morgan fingerprint density at radius 1 is 1.50 bits per heavy atom. The smallest absolute Gasteiger partial charge is 0.406 e. The average molecular weight is 237 g/mol. The minimum absolute atomic E-state index is 0.0281. The first-order chi connectivity index (χ1) is 7.46. The van der Waals surface area contributed by atoms with Gasteiger partial charge in [0.2, 0.25) is 0 Å². The van der Waals surface area contributed by atoms with Crippen molar-refractivity contribution in [1.82, 2.24) is 4.98 Å². The maximum atomic E-state index is 12.3. The topological polar surface area (TPSA) is 55.3 Å². The van der Waals surface area contributed by atoms with E-state index in [1.54, 1.807) is 6.92 Å². The monoisotopic (exact) mass is 237 g/mol. The summed E-state index contributed by atoms with van der Waals surface area (Å²) in [4.78, 5) is 4.92. The number of oxazole rings is 1. The van der Waals surface area contributed by atoms with E-state index in [1.807, 2.05) is 0 Å². The molecule has 0 unspecified atom stereocenters. The fourth-order valence-electron chi connectivity index (χ4n) is 1.26. The third kappa shape index (κ3) is 3.73. The van der Waals surface area contributed by atoms with Crippen LogP contribution in [0, 0.1) is 0 Å². The Morgan fingerprint density at radius 3 is 2.62 bits per heavy atom. The van der Waals surface area contributed by atoms with Gasteiger partial charge in [0.1, 0.15) is 12.8 Å². The predicted molar refractivity (Wildman–Crippen MR) is 53.0 cm³/mol. The fourth-order valence-corrected chi connectivity index (χ4v) is 1.26. The number of anilines is 1. The highest BCUT2D eigenvalue weighted by Gasteiger charge is 2.32. The summed E-state index contributed by atoms with van der Waals surface area (Å²) in [5.74, 6) is 0. The second-order valence-corrected chi connectivity index (χ2v) is 3.36. The quantitative estimate of drug-likeness (QED) is 0.849. The zero-order chi connectivity index (χ0) is 12.2. The van der Waals surface area contributed by atoms with Gasteiger partial charge in [0.15, 0.2) is 0 Å². The van der Waals surface area contributed by atoms with Crippen LogP contribution in [0.2, 0.25) is 0 Å². The van der Waals surface area contributed by atoms with Crippen LogP contribution in [0.4, 0.5) is 19.2 Å². The Hall–Kier alpha value is -1.24. The van der Waals surface area contributed by atoms with Crippen molar-refractivity contribution in [3.05, 3.63) is 12.0 Å². The first kappa shape index (κ1) is 12.8. The Balaban J connectivity index is 2.76. The molecular weight excluding hydrogens is 223 g/mol. The maximum Gasteiger partial charge on any atom is 0.406 e. The fraction of sp³-hybridized carbons (Fsp3) is 0.667. The Kier molecular flexibility index (Phi) is 4.17. The minimum Gasteiger partial charge on any atom is -0.432 e. The van der Waals surface area contributed by atoms with Crippen LogP contribution in [0.5, 0.6) is 0 Å². The van der Waals surface area contributed by atoms with Crippen molar-refractivity contribution in [2.75, 3.05) is 18.0 Å². The molecule has 0 aromatic carbocycles. The molecule has 0 atom stereocenters. The first-order valence-corrected chi connectivity index (χ1v) is 4.92. The summed E-state index contributed by atoms with van der Waals surface area (Å²) in [6, 6.07) is -0.0281. The third-order valence-corrected chi connectivity index (χ3v) is 1.88. The van der Waals surface area contributed by atoms with E-state index in [9.17, 15) is 13.2 Å². The summed E-state index contributed by atoms with van der Waals surface area (Å²) in [7, 11) is 0. The number of aromatic nitrogens is 1. The zero-order valence-electron chi connectivity index (χ0n) is 8.92. The van der Waals surface area contributed by atoms with E-state index in [-0.39, 0.29) is 19.1 Å². The molecule has 1 rings (SSSR count). The lowest BCUT2D eigenvalue weighted by molar-refractivity contribution is -0.120. The van der Waals surface area contributed by atoms with Crippen LogP contribution >= 0.6 is 0 Å². The lowest BCUT2D eigenvalue weighted by atomic mass is 10.4. The molecule has 0 spiro atoms. The van der Waals surface area contributed by atoms with E-state index in [0.717, 1.165) is 4.90 Å². The molecule has 0 bridgehead atoms. The average Bonchev–Trinajstić information content (AvgIpc) is 2.63.